The van der Waals surface area contributed by atoms with E-state index in [4.69, 9.17) is 14.2 Å². The van der Waals surface area contributed by atoms with Crippen LogP contribution in [0.4, 0.5) is 0 Å². The van der Waals surface area contributed by atoms with Crippen LogP contribution in [0.25, 0.3) is 6.08 Å². The number of nitrogens with one attached hydrogen (secondary N) is 1. The lowest BCUT2D eigenvalue weighted by atomic mass is 10.1. The number of carbonyl (C=O) groups excluding carboxylic acids is 1. The molecule has 0 aliphatic rings. The second-order valence-electron chi connectivity index (χ2n) is 5.30. The monoisotopic (exact) mass is 342 g/mol. The van der Waals surface area contributed by atoms with Crippen LogP contribution in [-0.4, -0.2) is 32.2 Å². The van der Waals surface area contributed by atoms with Crippen LogP contribution in [0, 0.1) is 0 Å². The average Bonchev–Trinajstić information content (AvgIpc) is 2.65. The molecule has 0 aliphatic carbocycles. The maximum absolute atomic E-state index is 12.1. The Morgan fingerprint density at radius 1 is 1.08 bits per heavy atom. The van der Waals surface area contributed by atoms with E-state index in [-0.39, 0.29) is 11.9 Å². The molecule has 25 heavy (non-hydrogen) atoms. The highest BCUT2D eigenvalue weighted by molar-refractivity contribution is 5.92. The molecule has 1 amide bonds. The van der Waals surface area contributed by atoms with Crippen molar-refractivity contribution in [3.63, 3.8) is 0 Å². The molecule has 1 aromatic carbocycles. The Hall–Kier alpha value is -3.02. The Morgan fingerprint density at radius 2 is 1.68 bits per heavy atom. The van der Waals surface area contributed by atoms with E-state index in [1.165, 1.54) is 6.08 Å². The molecule has 2 rings (SSSR count). The van der Waals surface area contributed by atoms with Crippen molar-refractivity contribution in [2.75, 3.05) is 21.3 Å². The van der Waals surface area contributed by atoms with Gasteiger partial charge in [-0.1, -0.05) is 0 Å². The molecule has 1 unspecified atom stereocenters. The van der Waals surface area contributed by atoms with Crippen molar-refractivity contribution in [1.82, 2.24) is 10.3 Å². The Morgan fingerprint density at radius 3 is 2.20 bits per heavy atom. The van der Waals surface area contributed by atoms with E-state index < -0.39 is 0 Å². The van der Waals surface area contributed by atoms with Crippen molar-refractivity contribution in [1.29, 1.82) is 0 Å². The van der Waals surface area contributed by atoms with Crippen LogP contribution in [0.1, 0.15) is 24.1 Å². The molecule has 1 N–H and O–H groups in total. The van der Waals surface area contributed by atoms with E-state index in [1.807, 2.05) is 19.1 Å². The number of carbonyl (C=O) groups is 1. The summed E-state index contributed by atoms with van der Waals surface area (Å²) in [5.41, 5.74) is 1.76. The van der Waals surface area contributed by atoms with Gasteiger partial charge in [-0.3, -0.25) is 9.78 Å². The van der Waals surface area contributed by atoms with Crippen LogP contribution >= 0.6 is 0 Å². The molecular weight excluding hydrogens is 320 g/mol. The highest BCUT2D eigenvalue weighted by Crippen LogP contribution is 2.38. The van der Waals surface area contributed by atoms with E-state index in [9.17, 15) is 4.79 Å². The van der Waals surface area contributed by atoms with Gasteiger partial charge in [-0.25, -0.2) is 0 Å². The van der Waals surface area contributed by atoms with Gasteiger partial charge in [-0.2, -0.15) is 0 Å². The number of hydrogen-bond donors (Lipinski definition) is 1. The van der Waals surface area contributed by atoms with E-state index in [2.05, 4.69) is 10.3 Å². The van der Waals surface area contributed by atoms with Gasteiger partial charge in [-0.15, -0.1) is 0 Å². The summed E-state index contributed by atoms with van der Waals surface area (Å²) >= 11 is 0. The number of benzene rings is 1. The average molecular weight is 342 g/mol. The highest BCUT2D eigenvalue weighted by atomic mass is 16.5. The summed E-state index contributed by atoms with van der Waals surface area (Å²) in [6, 6.07) is 7.18. The highest BCUT2D eigenvalue weighted by Gasteiger charge is 2.12. The van der Waals surface area contributed by atoms with Crippen molar-refractivity contribution in [3.8, 4) is 17.2 Å². The molecule has 1 aromatic heterocycles. The molecule has 132 valence electrons. The molecule has 1 heterocycles. The molecule has 0 radical (unpaired) electrons. The second kappa shape index (κ2) is 8.73. The van der Waals surface area contributed by atoms with E-state index in [1.54, 1.807) is 51.9 Å². The molecule has 2 aromatic rings. The van der Waals surface area contributed by atoms with Gasteiger partial charge >= 0.3 is 0 Å². The molecular formula is C19H22N2O4. The third kappa shape index (κ3) is 4.73. The third-order valence-electron chi connectivity index (χ3n) is 3.68. The lowest BCUT2D eigenvalue weighted by Gasteiger charge is -2.13. The number of ether oxygens (including phenoxy) is 3. The Labute approximate surface area is 147 Å². The maximum atomic E-state index is 12.1. The number of aromatic nitrogens is 1. The standard InChI is InChI=1S/C19H22N2O4/c1-13(15-7-9-20-10-8-15)21-18(22)6-5-14-11-16(23-2)19(25-4)17(12-14)24-3/h5-13H,1-4H3,(H,21,22)/b6-5+. The second-order valence-corrected chi connectivity index (χ2v) is 5.30. The van der Waals surface area contributed by atoms with Crippen LogP contribution in [0.3, 0.4) is 0 Å². The fraction of sp³-hybridized carbons (Fsp3) is 0.263. The van der Waals surface area contributed by atoms with Crippen molar-refractivity contribution >= 4 is 12.0 Å². The predicted octanol–water partition coefficient (Wildman–Crippen LogP) is 3.00. The first kappa shape index (κ1) is 18.3. The smallest absolute Gasteiger partial charge is 0.244 e. The van der Waals surface area contributed by atoms with Crippen LogP contribution in [0.15, 0.2) is 42.7 Å². The van der Waals surface area contributed by atoms with E-state index >= 15 is 0 Å². The number of hydrogen-bond acceptors (Lipinski definition) is 5. The van der Waals surface area contributed by atoms with Gasteiger partial charge in [0.1, 0.15) is 0 Å². The molecule has 6 nitrogen and oxygen atoms in total. The van der Waals surface area contributed by atoms with E-state index in [0.717, 1.165) is 11.1 Å². The molecule has 0 saturated carbocycles. The molecule has 0 aliphatic heterocycles. The first-order valence-corrected chi connectivity index (χ1v) is 7.77. The van der Waals surface area contributed by atoms with Crippen LogP contribution in [-0.2, 0) is 4.79 Å². The number of amides is 1. The van der Waals surface area contributed by atoms with E-state index in [0.29, 0.717) is 17.2 Å². The van der Waals surface area contributed by atoms with Crippen molar-refractivity contribution in [3.05, 3.63) is 53.9 Å². The zero-order chi connectivity index (χ0) is 18.2. The normalized spacial score (nSPS) is 11.8. The number of methoxy groups -OCH3 is 3. The zero-order valence-electron chi connectivity index (χ0n) is 14.8. The van der Waals surface area contributed by atoms with Gasteiger partial charge in [0, 0.05) is 18.5 Å². The van der Waals surface area contributed by atoms with Gasteiger partial charge in [-0.05, 0) is 48.4 Å². The molecule has 0 fully saturated rings. The van der Waals surface area contributed by atoms with Gasteiger partial charge in [0.2, 0.25) is 11.7 Å². The summed E-state index contributed by atoms with van der Waals surface area (Å²) in [7, 11) is 4.64. The summed E-state index contributed by atoms with van der Waals surface area (Å²) in [5.74, 6) is 1.38. The minimum atomic E-state index is -0.196. The van der Waals surface area contributed by atoms with Gasteiger partial charge in [0.05, 0.1) is 27.4 Å². The van der Waals surface area contributed by atoms with Gasteiger partial charge in [0.25, 0.3) is 0 Å². The fourth-order valence-corrected chi connectivity index (χ4v) is 2.37. The fourth-order valence-electron chi connectivity index (χ4n) is 2.37. The minimum Gasteiger partial charge on any atom is -0.493 e. The third-order valence-corrected chi connectivity index (χ3v) is 3.68. The lowest BCUT2D eigenvalue weighted by Crippen LogP contribution is -2.24. The molecule has 0 bridgehead atoms. The Balaban J connectivity index is 2.11. The minimum absolute atomic E-state index is 0.111. The topological polar surface area (TPSA) is 69.7 Å². The van der Waals surface area contributed by atoms with Crippen LogP contribution in [0.5, 0.6) is 17.2 Å². The SMILES string of the molecule is COc1cc(/C=C/C(=O)NC(C)c2ccncc2)cc(OC)c1OC. The van der Waals surface area contributed by atoms with Crippen LogP contribution < -0.4 is 19.5 Å². The molecule has 0 spiro atoms. The summed E-state index contributed by atoms with van der Waals surface area (Å²) in [4.78, 5) is 16.1. The molecule has 6 heteroatoms. The summed E-state index contributed by atoms with van der Waals surface area (Å²) in [6.07, 6.45) is 6.56. The summed E-state index contributed by atoms with van der Waals surface area (Å²) < 4.78 is 15.9. The first-order chi connectivity index (χ1) is 12.1. The molecule has 1 atom stereocenters. The van der Waals surface area contributed by atoms with Crippen molar-refractivity contribution in [2.45, 2.75) is 13.0 Å². The molecule has 0 saturated heterocycles. The van der Waals surface area contributed by atoms with Gasteiger partial charge < -0.3 is 19.5 Å². The number of rotatable bonds is 7. The summed E-state index contributed by atoms with van der Waals surface area (Å²) in [5, 5.41) is 2.91. The number of nitrogens with zero attached hydrogens (tertiary/aromatic N) is 1. The Bertz CT molecular complexity index is 719. The summed E-state index contributed by atoms with van der Waals surface area (Å²) in [6.45, 7) is 1.92. The number of pyridine rings is 1. The first-order valence-electron chi connectivity index (χ1n) is 7.77. The zero-order valence-corrected chi connectivity index (χ0v) is 14.8. The Kier molecular flexibility index (Phi) is 6.39. The van der Waals surface area contributed by atoms with Crippen molar-refractivity contribution < 1.29 is 19.0 Å². The lowest BCUT2D eigenvalue weighted by molar-refractivity contribution is -0.117. The largest absolute Gasteiger partial charge is 0.493 e. The van der Waals surface area contributed by atoms with Crippen LogP contribution in [0.2, 0.25) is 0 Å². The predicted molar refractivity (Wildman–Crippen MR) is 95.9 cm³/mol. The van der Waals surface area contributed by atoms with Gasteiger partial charge in [0.15, 0.2) is 11.5 Å². The van der Waals surface area contributed by atoms with Crippen molar-refractivity contribution in [2.24, 2.45) is 0 Å². The maximum Gasteiger partial charge on any atom is 0.244 e. The quantitative estimate of drug-likeness (QED) is 0.783.